The maximum absolute atomic E-state index is 12.4. The fourth-order valence-electron chi connectivity index (χ4n) is 2.76. The lowest BCUT2D eigenvalue weighted by molar-refractivity contribution is 0.0864. The first-order chi connectivity index (χ1) is 10.7. The van der Waals surface area contributed by atoms with Gasteiger partial charge in [0, 0.05) is 6.42 Å². The molecule has 1 fully saturated rings. The van der Waals surface area contributed by atoms with E-state index in [2.05, 4.69) is 20.5 Å². The molecular weight excluding hydrogens is 284 g/mol. The van der Waals surface area contributed by atoms with Gasteiger partial charge in [-0.15, -0.1) is 0 Å². The molecule has 1 amide bonds. The molecule has 2 aromatic rings. The number of H-pyrrole nitrogens is 1. The van der Waals surface area contributed by atoms with Crippen molar-refractivity contribution >= 4 is 5.91 Å². The summed E-state index contributed by atoms with van der Waals surface area (Å²) in [6.45, 7) is 3.73. The molecule has 0 bridgehead atoms. The average Bonchev–Trinajstić information content (AvgIpc) is 3.22. The van der Waals surface area contributed by atoms with Crippen LogP contribution in [0.3, 0.4) is 0 Å². The van der Waals surface area contributed by atoms with Gasteiger partial charge in [0.1, 0.15) is 6.10 Å². The van der Waals surface area contributed by atoms with Crippen molar-refractivity contribution in [2.45, 2.75) is 51.7 Å². The largest absolute Gasteiger partial charge is 0.485 e. The predicted molar refractivity (Wildman–Crippen MR) is 78.7 cm³/mol. The van der Waals surface area contributed by atoms with Crippen molar-refractivity contribution < 1.29 is 13.9 Å². The molecule has 3 rings (SSSR count). The van der Waals surface area contributed by atoms with Gasteiger partial charge in [-0.2, -0.15) is 5.10 Å². The number of carbonyl (C=O) groups excluding carboxylic acids is 1. The summed E-state index contributed by atoms with van der Waals surface area (Å²) in [5.41, 5.74) is 0.625. The van der Waals surface area contributed by atoms with Crippen molar-refractivity contribution in [2.75, 3.05) is 0 Å². The number of aromatic amines is 1. The maximum Gasteiger partial charge on any atom is 0.289 e. The van der Waals surface area contributed by atoms with E-state index in [1.807, 2.05) is 6.92 Å². The zero-order valence-electron chi connectivity index (χ0n) is 12.8. The third kappa shape index (κ3) is 2.98. The van der Waals surface area contributed by atoms with E-state index in [0.29, 0.717) is 29.5 Å². The minimum absolute atomic E-state index is 0.0306. The molecule has 7 nitrogen and oxygen atoms in total. The van der Waals surface area contributed by atoms with Gasteiger partial charge in [0.25, 0.3) is 5.91 Å². The number of rotatable bonds is 5. The first-order valence-corrected chi connectivity index (χ1v) is 7.60. The predicted octanol–water partition coefficient (Wildman–Crippen LogP) is 2.00. The van der Waals surface area contributed by atoms with Gasteiger partial charge < -0.3 is 14.5 Å². The molecule has 2 atom stereocenters. The zero-order chi connectivity index (χ0) is 15.5. The number of aryl methyl sites for hydroxylation is 2. The average molecular weight is 304 g/mol. The summed E-state index contributed by atoms with van der Waals surface area (Å²) in [5, 5.41) is 9.58. The van der Waals surface area contributed by atoms with Crippen LogP contribution in [0.5, 0.6) is 5.75 Å². The van der Waals surface area contributed by atoms with Crippen LogP contribution in [-0.2, 0) is 6.42 Å². The molecular formula is C15H20N4O3. The monoisotopic (exact) mass is 304 g/mol. The van der Waals surface area contributed by atoms with Crippen LogP contribution in [0.15, 0.2) is 16.8 Å². The van der Waals surface area contributed by atoms with Crippen LogP contribution in [-0.4, -0.2) is 33.2 Å². The third-order valence-electron chi connectivity index (χ3n) is 3.88. The van der Waals surface area contributed by atoms with Crippen molar-refractivity contribution in [1.82, 2.24) is 20.5 Å². The molecule has 118 valence electrons. The highest BCUT2D eigenvalue weighted by molar-refractivity contribution is 5.92. The van der Waals surface area contributed by atoms with E-state index in [9.17, 15) is 4.79 Å². The Labute approximate surface area is 128 Å². The fourth-order valence-corrected chi connectivity index (χ4v) is 2.76. The number of nitrogens with zero attached hydrogens (tertiary/aromatic N) is 2. The number of carbonyl (C=O) groups is 1. The molecule has 7 heteroatoms. The molecule has 2 N–H and O–H groups in total. The molecule has 0 saturated heterocycles. The number of hydrogen-bond donors (Lipinski definition) is 2. The zero-order valence-corrected chi connectivity index (χ0v) is 12.8. The second-order valence-electron chi connectivity index (χ2n) is 5.48. The summed E-state index contributed by atoms with van der Waals surface area (Å²) in [6, 6.07) is -0.0306. The lowest BCUT2D eigenvalue weighted by Gasteiger charge is -2.21. The van der Waals surface area contributed by atoms with E-state index in [-0.39, 0.29) is 18.1 Å². The van der Waals surface area contributed by atoms with Gasteiger partial charge in [0.2, 0.25) is 5.76 Å². The van der Waals surface area contributed by atoms with E-state index < -0.39 is 0 Å². The summed E-state index contributed by atoms with van der Waals surface area (Å²) >= 11 is 0. The van der Waals surface area contributed by atoms with E-state index >= 15 is 0 Å². The molecule has 0 unspecified atom stereocenters. The number of hydrogen-bond acceptors (Lipinski definition) is 5. The molecule has 2 aromatic heterocycles. The first-order valence-electron chi connectivity index (χ1n) is 7.60. The lowest BCUT2D eigenvalue weighted by Crippen LogP contribution is -2.42. The Morgan fingerprint density at radius 2 is 2.41 bits per heavy atom. The number of oxazole rings is 1. The Bertz CT molecular complexity index is 635. The molecule has 1 aliphatic rings. The third-order valence-corrected chi connectivity index (χ3v) is 3.88. The highest BCUT2D eigenvalue weighted by Gasteiger charge is 2.32. The smallest absolute Gasteiger partial charge is 0.289 e. The van der Waals surface area contributed by atoms with Gasteiger partial charge in [0.05, 0.1) is 24.1 Å². The maximum atomic E-state index is 12.4. The van der Waals surface area contributed by atoms with Gasteiger partial charge in [-0.1, -0.05) is 6.92 Å². The molecule has 1 aliphatic carbocycles. The lowest BCUT2D eigenvalue weighted by atomic mass is 10.2. The molecule has 1 saturated carbocycles. The van der Waals surface area contributed by atoms with Crippen LogP contribution in [0.1, 0.15) is 48.3 Å². The standard InChI is InChI=1S/C15H20N4O3/c1-3-13-18-9(2)14(22-13)15(20)19-11-5-4-6-12(11)21-10-7-16-17-8-10/h7-8,11-12H,3-6H2,1-2H3,(H,16,17)(H,19,20)/t11-,12+/m0/s1. The Kier molecular flexibility index (Phi) is 4.13. The van der Waals surface area contributed by atoms with Crippen LogP contribution < -0.4 is 10.1 Å². The molecule has 22 heavy (non-hydrogen) atoms. The highest BCUT2D eigenvalue weighted by Crippen LogP contribution is 2.24. The Morgan fingerprint density at radius 3 is 3.09 bits per heavy atom. The van der Waals surface area contributed by atoms with Crippen molar-refractivity contribution in [3.05, 3.63) is 29.7 Å². The first kappa shape index (κ1) is 14.6. The van der Waals surface area contributed by atoms with Gasteiger partial charge in [-0.05, 0) is 26.2 Å². The fraction of sp³-hybridized carbons (Fsp3) is 0.533. The van der Waals surface area contributed by atoms with Crippen molar-refractivity contribution in [3.63, 3.8) is 0 Å². The van der Waals surface area contributed by atoms with Crippen molar-refractivity contribution in [1.29, 1.82) is 0 Å². The topological polar surface area (TPSA) is 93.0 Å². The van der Waals surface area contributed by atoms with Gasteiger partial charge in [-0.3, -0.25) is 9.89 Å². The number of ether oxygens (including phenoxy) is 1. The molecule has 0 radical (unpaired) electrons. The van der Waals surface area contributed by atoms with Gasteiger partial charge in [-0.25, -0.2) is 4.98 Å². The second-order valence-corrected chi connectivity index (χ2v) is 5.48. The minimum atomic E-state index is -0.225. The quantitative estimate of drug-likeness (QED) is 0.881. The summed E-state index contributed by atoms with van der Waals surface area (Å²) in [7, 11) is 0. The van der Waals surface area contributed by atoms with Gasteiger partial charge in [0.15, 0.2) is 11.6 Å². The van der Waals surface area contributed by atoms with Crippen LogP contribution in [0.25, 0.3) is 0 Å². The van der Waals surface area contributed by atoms with Crippen molar-refractivity contribution in [2.24, 2.45) is 0 Å². The summed E-state index contributed by atoms with van der Waals surface area (Å²) in [5.74, 6) is 1.35. The van der Waals surface area contributed by atoms with E-state index in [0.717, 1.165) is 19.3 Å². The molecule has 0 aromatic carbocycles. The summed E-state index contributed by atoms with van der Waals surface area (Å²) in [6.07, 6.45) is 6.77. The normalized spacial score (nSPS) is 21.0. The number of aromatic nitrogens is 3. The minimum Gasteiger partial charge on any atom is -0.485 e. The highest BCUT2D eigenvalue weighted by atomic mass is 16.5. The van der Waals surface area contributed by atoms with Crippen LogP contribution in [0.4, 0.5) is 0 Å². The summed E-state index contributed by atoms with van der Waals surface area (Å²) in [4.78, 5) is 16.6. The summed E-state index contributed by atoms with van der Waals surface area (Å²) < 4.78 is 11.4. The molecule has 0 aliphatic heterocycles. The van der Waals surface area contributed by atoms with Gasteiger partial charge >= 0.3 is 0 Å². The van der Waals surface area contributed by atoms with E-state index in [1.54, 1.807) is 19.3 Å². The Hall–Kier alpha value is -2.31. The van der Waals surface area contributed by atoms with E-state index in [1.165, 1.54) is 0 Å². The SMILES string of the molecule is CCc1nc(C)c(C(=O)N[C@H]2CCC[C@H]2Oc2cn[nH]c2)o1. The van der Waals surface area contributed by atoms with E-state index in [4.69, 9.17) is 9.15 Å². The molecule has 0 spiro atoms. The second kappa shape index (κ2) is 6.21. The number of nitrogens with one attached hydrogen (secondary N) is 2. The van der Waals surface area contributed by atoms with Crippen LogP contribution in [0.2, 0.25) is 0 Å². The van der Waals surface area contributed by atoms with Crippen molar-refractivity contribution in [3.8, 4) is 5.75 Å². The Morgan fingerprint density at radius 1 is 1.55 bits per heavy atom. The Balaban J connectivity index is 1.65. The van der Waals surface area contributed by atoms with Crippen LogP contribution in [0, 0.1) is 6.92 Å². The number of amides is 1. The van der Waals surface area contributed by atoms with Crippen LogP contribution >= 0.6 is 0 Å². The molecule has 2 heterocycles.